The SMILES string of the molecule is CN(Cc1ccccc1)C(=O)CC1(COc2ccccc2)CCN(Cc2cnn(C3CCCCC3)c2)CC1. The van der Waals surface area contributed by atoms with Crippen molar-refractivity contribution < 1.29 is 9.53 Å². The van der Waals surface area contributed by atoms with E-state index in [2.05, 4.69) is 34.1 Å². The van der Waals surface area contributed by atoms with Crippen LogP contribution in [0.25, 0.3) is 0 Å². The molecule has 6 heteroatoms. The van der Waals surface area contributed by atoms with E-state index < -0.39 is 0 Å². The number of benzene rings is 2. The Hall–Kier alpha value is -3.12. The lowest BCUT2D eigenvalue weighted by molar-refractivity contribution is -0.134. The summed E-state index contributed by atoms with van der Waals surface area (Å²) in [6.07, 6.45) is 13.2. The number of para-hydroxylation sites is 1. The molecule has 0 unspecified atom stereocenters. The highest BCUT2D eigenvalue weighted by atomic mass is 16.5. The van der Waals surface area contributed by atoms with E-state index in [0.717, 1.165) is 43.8 Å². The molecule has 0 bridgehead atoms. The van der Waals surface area contributed by atoms with Gasteiger partial charge in [-0.15, -0.1) is 0 Å². The molecule has 2 aromatic carbocycles. The number of carbonyl (C=O) groups is 1. The number of aromatic nitrogens is 2. The summed E-state index contributed by atoms with van der Waals surface area (Å²) in [5.74, 6) is 1.06. The Balaban J connectivity index is 1.20. The summed E-state index contributed by atoms with van der Waals surface area (Å²) in [5, 5.41) is 4.71. The second-order valence-corrected chi connectivity index (χ2v) is 11.4. The fraction of sp³-hybridized carbons (Fsp3) is 0.500. The molecule has 38 heavy (non-hydrogen) atoms. The number of likely N-dealkylation sites (tertiary alicyclic amines) is 1. The van der Waals surface area contributed by atoms with Gasteiger partial charge in [0.15, 0.2) is 0 Å². The van der Waals surface area contributed by atoms with Gasteiger partial charge in [-0.3, -0.25) is 14.4 Å². The summed E-state index contributed by atoms with van der Waals surface area (Å²) in [5.41, 5.74) is 2.28. The van der Waals surface area contributed by atoms with Crippen LogP contribution in [0.4, 0.5) is 0 Å². The quantitative estimate of drug-likeness (QED) is 0.328. The summed E-state index contributed by atoms with van der Waals surface area (Å²) in [4.78, 5) is 17.8. The topological polar surface area (TPSA) is 50.6 Å². The Labute approximate surface area is 227 Å². The minimum atomic E-state index is -0.166. The first kappa shape index (κ1) is 26.5. The van der Waals surface area contributed by atoms with Gasteiger partial charge < -0.3 is 9.64 Å². The van der Waals surface area contributed by atoms with E-state index in [-0.39, 0.29) is 11.3 Å². The van der Waals surface area contributed by atoms with Crippen LogP contribution in [0.5, 0.6) is 5.75 Å². The Kier molecular flexibility index (Phi) is 8.79. The third kappa shape index (κ3) is 7.04. The van der Waals surface area contributed by atoms with Gasteiger partial charge in [-0.1, -0.05) is 67.8 Å². The number of carbonyl (C=O) groups excluding carboxylic acids is 1. The number of hydrogen-bond donors (Lipinski definition) is 0. The van der Waals surface area contributed by atoms with Crippen molar-refractivity contribution >= 4 is 5.91 Å². The van der Waals surface area contributed by atoms with Crippen LogP contribution >= 0.6 is 0 Å². The fourth-order valence-corrected chi connectivity index (χ4v) is 5.97. The molecule has 2 heterocycles. The first-order chi connectivity index (χ1) is 18.6. The maximum Gasteiger partial charge on any atom is 0.223 e. The van der Waals surface area contributed by atoms with Gasteiger partial charge in [-0.25, -0.2) is 0 Å². The maximum absolute atomic E-state index is 13.4. The zero-order valence-corrected chi connectivity index (χ0v) is 22.8. The van der Waals surface area contributed by atoms with Crippen LogP contribution in [0.2, 0.25) is 0 Å². The second kappa shape index (κ2) is 12.6. The van der Waals surface area contributed by atoms with Crippen molar-refractivity contribution in [3.8, 4) is 5.75 Å². The van der Waals surface area contributed by atoms with E-state index in [1.807, 2.05) is 60.5 Å². The number of amides is 1. The highest BCUT2D eigenvalue weighted by molar-refractivity contribution is 5.76. The molecule has 202 valence electrons. The highest BCUT2D eigenvalue weighted by Gasteiger charge is 2.38. The third-order valence-corrected chi connectivity index (χ3v) is 8.43. The molecule has 5 rings (SSSR count). The van der Waals surface area contributed by atoms with Crippen molar-refractivity contribution in [3.05, 3.63) is 84.2 Å². The molecule has 1 amide bonds. The fourth-order valence-electron chi connectivity index (χ4n) is 5.97. The number of piperidine rings is 1. The highest BCUT2D eigenvalue weighted by Crippen LogP contribution is 2.37. The average molecular weight is 515 g/mol. The monoisotopic (exact) mass is 514 g/mol. The van der Waals surface area contributed by atoms with Crippen molar-refractivity contribution in [2.75, 3.05) is 26.7 Å². The van der Waals surface area contributed by atoms with Gasteiger partial charge in [0, 0.05) is 43.7 Å². The Bertz CT molecular complexity index is 1130. The Morgan fingerprint density at radius 1 is 0.974 bits per heavy atom. The van der Waals surface area contributed by atoms with E-state index in [0.29, 0.717) is 25.6 Å². The van der Waals surface area contributed by atoms with Crippen LogP contribution < -0.4 is 4.74 Å². The van der Waals surface area contributed by atoms with Crippen LogP contribution in [0.3, 0.4) is 0 Å². The van der Waals surface area contributed by atoms with Crippen LogP contribution in [-0.4, -0.2) is 52.2 Å². The zero-order chi connectivity index (χ0) is 26.2. The molecule has 6 nitrogen and oxygen atoms in total. The van der Waals surface area contributed by atoms with Gasteiger partial charge in [0.2, 0.25) is 5.91 Å². The number of ether oxygens (including phenoxy) is 1. The lowest BCUT2D eigenvalue weighted by Crippen LogP contribution is -2.45. The number of hydrogen-bond acceptors (Lipinski definition) is 4. The normalized spacial score (nSPS) is 18.2. The van der Waals surface area contributed by atoms with Crippen molar-refractivity contribution in [1.82, 2.24) is 19.6 Å². The van der Waals surface area contributed by atoms with Gasteiger partial charge in [0.05, 0.1) is 18.8 Å². The van der Waals surface area contributed by atoms with Crippen molar-refractivity contribution in [2.24, 2.45) is 5.41 Å². The van der Waals surface area contributed by atoms with Crippen LogP contribution in [-0.2, 0) is 17.9 Å². The first-order valence-corrected chi connectivity index (χ1v) is 14.3. The lowest BCUT2D eigenvalue weighted by Gasteiger charge is -2.41. The molecule has 3 aromatic rings. The van der Waals surface area contributed by atoms with E-state index in [1.165, 1.54) is 37.7 Å². The molecule has 0 atom stereocenters. The summed E-state index contributed by atoms with van der Waals surface area (Å²) in [6, 6.07) is 20.8. The summed E-state index contributed by atoms with van der Waals surface area (Å²) < 4.78 is 8.48. The van der Waals surface area contributed by atoms with Crippen LogP contribution in [0, 0.1) is 5.41 Å². The average Bonchev–Trinajstić information content (AvgIpc) is 3.43. The van der Waals surface area contributed by atoms with Crippen LogP contribution in [0.1, 0.15) is 68.5 Å². The Morgan fingerprint density at radius 3 is 2.37 bits per heavy atom. The number of nitrogens with zero attached hydrogens (tertiary/aromatic N) is 4. The van der Waals surface area contributed by atoms with E-state index in [1.54, 1.807) is 0 Å². The van der Waals surface area contributed by atoms with E-state index in [4.69, 9.17) is 9.84 Å². The molecule has 1 aliphatic carbocycles. The zero-order valence-electron chi connectivity index (χ0n) is 22.8. The van der Waals surface area contributed by atoms with Crippen molar-refractivity contribution in [2.45, 2.75) is 70.5 Å². The van der Waals surface area contributed by atoms with Gasteiger partial charge >= 0.3 is 0 Å². The van der Waals surface area contributed by atoms with Crippen molar-refractivity contribution in [1.29, 1.82) is 0 Å². The maximum atomic E-state index is 13.4. The summed E-state index contributed by atoms with van der Waals surface area (Å²) in [6.45, 7) is 4.04. The molecule has 0 radical (unpaired) electrons. The second-order valence-electron chi connectivity index (χ2n) is 11.4. The minimum Gasteiger partial charge on any atom is -0.493 e. The summed E-state index contributed by atoms with van der Waals surface area (Å²) in [7, 11) is 1.92. The number of rotatable bonds is 10. The van der Waals surface area contributed by atoms with Crippen LogP contribution in [0.15, 0.2) is 73.1 Å². The third-order valence-electron chi connectivity index (χ3n) is 8.43. The van der Waals surface area contributed by atoms with E-state index in [9.17, 15) is 4.79 Å². The molecule has 1 saturated heterocycles. The molecule has 1 aromatic heterocycles. The molecule has 0 N–H and O–H groups in total. The standard InChI is InChI=1S/C32H42N4O2/c1-34(23-27-11-5-2-6-12-27)31(37)21-32(26-38-30-15-9-4-10-16-30)17-19-35(20-18-32)24-28-22-33-36(25-28)29-13-7-3-8-14-29/h2,4-6,9-12,15-16,22,25,29H,3,7-8,13-14,17-21,23-24,26H2,1H3. The molecular weight excluding hydrogens is 472 g/mol. The Morgan fingerprint density at radius 2 is 1.66 bits per heavy atom. The molecule has 2 aliphatic rings. The predicted octanol–water partition coefficient (Wildman–Crippen LogP) is 6.10. The van der Waals surface area contributed by atoms with Gasteiger partial charge in [0.1, 0.15) is 5.75 Å². The lowest BCUT2D eigenvalue weighted by atomic mass is 9.75. The largest absolute Gasteiger partial charge is 0.493 e. The molecule has 1 aliphatic heterocycles. The molecule has 2 fully saturated rings. The predicted molar refractivity (Wildman–Crippen MR) is 151 cm³/mol. The molecule has 1 saturated carbocycles. The summed E-state index contributed by atoms with van der Waals surface area (Å²) >= 11 is 0. The van der Waals surface area contributed by atoms with E-state index >= 15 is 0 Å². The van der Waals surface area contributed by atoms with Gasteiger partial charge in [-0.05, 0) is 56.5 Å². The smallest absolute Gasteiger partial charge is 0.223 e. The van der Waals surface area contributed by atoms with Gasteiger partial charge in [-0.2, -0.15) is 5.10 Å². The molecular formula is C32H42N4O2. The van der Waals surface area contributed by atoms with Gasteiger partial charge in [0.25, 0.3) is 0 Å². The first-order valence-electron chi connectivity index (χ1n) is 14.3. The van der Waals surface area contributed by atoms with Crippen molar-refractivity contribution in [3.63, 3.8) is 0 Å². The molecule has 0 spiro atoms. The minimum absolute atomic E-state index is 0.166.